The lowest BCUT2D eigenvalue weighted by Crippen LogP contribution is -2.43. The van der Waals surface area contributed by atoms with Gasteiger partial charge in [0, 0.05) is 12.1 Å². The number of hydrogen-bond acceptors (Lipinski definition) is 4. The number of aryl methyl sites for hydroxylation is 1. The monoisotopic (exact) mass is 283 g/mol. The second kappa shape index (κ2) is 5.28. The molecule has 0 aromatic heterocycles. The number of primary sulfonamides is 1. The Labute approximate surface area is 112 Å². The summed E-state index contributed by atoms with van der Waals surface area (Å²) in [5, 5.41) is 10.9. The molecule has 1 heterocycles. The summed E-state index contributed by atoms with van der Waals surface area (Å²) in [6.07, 6.45) is 0.436. The molecule has 1 saturated heterocycles. The average molecular weight is 283 g/mol. The zero-order valence-corrected chi connectivity index (χ0v) is 11.5. The summed E-state index contributed by atoms with van der Waals surface area (Å²) in [5.74, 6) is 0.249. The quantitative estimate of drug-likeness (QED) is 0.734. The Balaban J connectivity index is 2.10. The molecule has 1 amide bonds. The first-order valence-corrected chi connectivity index (χ1v) is 7.55. The van der Waals surface area contributed by atoms with E-state index in [1.807, 2.05) is 0 Å². The molecule has 6 nitrogen and oxygen atoms in total. The lowest BCUT2D eigenvalue weighted by atomic mass is 9.99. The molecule has 1 aliphatic rings. The largest absolute Gasteiger partial charge is 0.326 e. The van der Waals surface area contributed by atoms with Crippen molar-refractivity contribution in [1.29, 1.82) is 0 Å². The number of carbonyl (C=O) groups is 1. The Hall–Kier alpha value is -1.44. The molecule has 104 valence electrons. The molecule has 0 saturated carbocycles. The van der Waals surface area contributed by atoms with Crippen LogP contribution in [0.5, 0.6) is 0 Å². The summed E-state index contributed by atoms with van der Waals surface area (Å²) in [5.41, 5.74) is 1.01. The van der Waals surface area contributed by atoms with Crippen molar-refractivity contribution in [1.82, 2.24) is 5.32 Å². The van der Waals surface area contributed by atoms with Gasteiger partial charge in [-0.3, -0.25) is 4.79 Å². The molecule has 0 atom stereocenters. The van der Waals surface area contributed by atoms with Gasteiger partial charge in [-0.2, -0.15) is 0 Å². The Bertz CT molecular complexity index is 594. The number of nitrogens with two attached hydrogens (primary N) is 1. The molecule has 0 radical (unpaired) electrons. The van der Waals surface area contributed by atoms with E-state index in [4.69, 9.17) is 5.14 Å². The average Bonchev–Trinajstić information content (AvgIpc) is 2.25. The second-order valence-electron chi connectivity index (χ2n) is 4.80. The minimum absolute atomic E-state index is 0.0376. The Morgan fingerprint density at radius 2 is 2.16 bits per heavy atom. The van der Waals surface area contributed by atoms with E-state index in [1.54, 1.807) is 19.1 Å². The SMILES string of the molecule is Cc1ccc(NC(=O)CC2CNC2)cc1S(N)(=O)=O. The molecular weight excluding hydrogens is 266 g/mol. The number of carbonyl (C=O) groups excluding carboxylic acids is 1. The fraction of sp³-hybridized carbons (Fsp3) is 0.417. The van der Waals surface area contributed by atoms with E-state index in [-0.39, 0.29) is 10.8 Å². The molecule has 2 rings (SSSR count). The van der Waals surface area contributed by atoms with Crippen LogP contribution in [0.2, 0.25) is 0 Å². The number of rotatable bonds is 4. The van der Waals surface area contributed by atoms with Gasteiger partial charge in [-0.25, -0.2) is 13.6 Å². The summed E-state index contributed by atoms with van der Waals surface area (Å²) in [4.78, 5) is 11.8. The molecule has 1 aromatic rings. The smallest absolute Gasteiger partial charge is 0.238 e. The third-order valence-corrected chi connectivity index (χ3v) is 4.17. The van der Waals surface area contributed by atoms with Crippen LogP contribution in [0.4, 0.5) is 5.69 Å². The number of nitrogens with one attached hydrogen (secondary N) is 2. The third-order valence-electron chi connectivity index (χ3n) is 3.12. The summed E-state index contributed by atoms with van der Waals surface area (Å²) < 4.78 is 22.8. The van der Waals surface area contributed by atoms with E-state index in [0.717, 1.165) is 13.1 Å². The number of amides is 1. The first-order chi connectivity index (χ1) is 8.86. The zero-order chi connectivity index (χ0) is 14.0. The van der Waals surface area contributed by atoms with Gasteiger partial charge in [0.1, 0.15) is 0 Å². The number of anilines is 1. The van der Waals surface area contributed by atoms with Gasteiger partial charge in [0.2, 0.25) is 15.9 Å². The highest BCUT2D eigenvalue weighted by Gasteiger charge is 2.20. The summed E-state index contributed by atoms with van der Waals surface area (Å²) in [6.45, 7) is 3.36. The first-order valence-electron chi connectivity index (χ1n) is 6.00. The van der Waals surface area contributed by atoms with Crippen LogP contribution >= 0.6 is 0 Å². The van der Waals surface area contributed by atoms with Crippen molar-refractivity contribution in [3.05, 3.63) is 23.8 Å². The van der Waals surface area contributed by atoms with Crippen LogP contribution < -0.4 is 15.8 Å². The number of sulfonamides is 1. The van der Waals surface area contributed by atoms with Crippen molar-refractivity contribution in [2.24, 2.45) is 11.1 Å². The van der Waals surface area contributed by atoms with Gasteiger partial charge in [0.15, 0.2) is 0 Å². The summed E-state index contributed by atoms with van der Waals surface area (Å²) in [7, 11) is -3.77. The van der Waals surface area contributed by atoms with Gasteiger partial charge in [0.25, 0.3) is 0 Å². The molecule has 0 aliphatic carbocycles. The topological polar surface area (TPSA) is 101 Å². The van der Waals surface area contributed by atoms with Crippen LogP contribution in [0.15, 0.2) is 23.1 Å². The van der Waals surface area contributed by atoms with Gasteiger partial charge in [0.05, 0.1) is 4.90 Å². The van der Waals surface area contributed by atoms with E-state index in [2.05, 4.69) is 10.6 Å². The van der Waals surface area contributed by atoms with Crippen molar-refractivity contribution >= 4 is 21.6 Å². The molecule has 1 fully saturated rings. The maximum absolute atomic E-state index is 11.7. The van der Waals surface area contributed by atoms with Crippen LogP contribution in [-0.2, 0) is 14.8 Å². The van der Waals surface area contributed by atoms with E-state index < -0.39 is 10.0 Å². The van der Waals surface area contributed by atoms with Crippen LogP contribution in [0, 0.1) is 12.8 Å². The Morgan fingerprint density at radius 3 is 2.68 bits per heavy atom. The van der Waals surface area contributed by atoms with Crippen LogP contribution in [0.3, 0.4) is 0 Å². The number of benzene rings is 1. The standard InChI is InChI=1S/C12H17N3O3S/c1-8-2-3-10(5-11(8)19(13,17)18)15-12(16)4-9-6-14-7-9/h2-3,5,9,14H,4,6-7H2,1H3,(H,15,16)(H2,13,17,18). The van der Waals surface area contributed by atoms with Gasteiger partial charge < -0.3 is 10.6 Å². The predicted molar refractivity (Wildman–Crippen MR) is 72.2 cm³/mol. The summed E-state index contributed by atoms with van der Waals surface area (Å²) in [6, 6.07) is 4.68. The highest BCUT2D eigenvalue weighted by molar-refractivity contribution is 7.89. The van der Waals surface area contributed by atoms with E-state index >= 15 is 0 Å². The molecular formula is C12H17N3O3S. The van der Waals surface area contributed by atoms with Crippen molar-refractivity contribution in [2.75, 3.05) is 18.4 Å². The van der Waals surface area contributed by atoms with E-state index in [9.17, 15) is 13.2 Å². The highest BCUT2D eigenvalue weighted by atomic mass is 32.2. The fourth-order valence-electron chi connectivity index (χ4n) is 1.95. The molecule has 0 bridgehead atoms. The maximum atomic E-state index is 11.7. The second-order valence-corrected chi connectivity index (χ2v) is 6.33. The van der Waals surface area contributed by atoms with Gasteiger partial charge in [-0.05, 0) is 43.6 Å². The third kappa shape index (κ3) is 3.52. The normalized spacial score (nSPS) is 15.9. The van der Waals surface area contributed by atoms with E-state index in [1.165, 1.54) is 6.07 Å². The lowest BCUT2D eigenvalue weighted by Gasteiger charge is -2.26. The summed E-state index contributed by atoms with van der Waals surface area (Å²) >= 11 is 0. The first kappa shape index (κ1) is 14.0. The van der Waals surface area contributed by atoms with Crippen molar-refractivity contribution in [3.63, 3.8) is 0 Å². The molecule has 0 spiro atoms. The maximum Gasteiger partial charge on any atom is 0.238 e. The molecule has 7 heteroatoms. The van der Waals surface area contributed by atoms with E-state index in [0.29, 0.717) is 23.6 Å². The fourth-order valence-corrected chi connectivity index (χ4v) is 2.76. The Kier molecular flexibility index (Phi) is 3.88. The van der Waals surface area contributed by atoms with Gasteiger partial charge in [-0.1, -0.05) is 6.07 Å². The highest BCUT2D eigenvalue weighted by Crippen LogP contribution is 2.19. The predicted octanol–water partition coefficient (Wildman–Crippen LogP) is 0.190. The van der Waals surface area contributed by atoms with Crippen LogP contribution in [0.1, 0.15) is 12.0 Å². The molecule has 4 N–H and O–H groups in total. The minimum Gasteiger partial charge on any atom is -0.326 e. The number of hydrogen-bond donors (Lipinski definition) is 3. The van der Waals surface area contributed by atoms with Crippen LogP contribution in [0.25, 0.3) is 0 Å². The zero-order valence-electron chi connectivity index (χ0n) is 10.6. The van der Waals surface area contributed by atoms with Crippen molar-refractivity contribution in [2.45, 2.75) is 18.2 Å². The van der Waals surface area contributed by atoms with Crippen molar-refractivity contribution in [3.8, 4) is 0 Å². The molecule has 1 aliphatic heterocycles. The molecule has 1 aromatic carbocycles. The molecule has 0 unspecified atom stereocenters. The Morgan fingerprint density at radius 1 is 1.47 bits per heavy atom. The van der Waals surface area contributed by atoms with Gasteiger partial charge >= 0.3 is 0 Å². The molecule has 19 heavy (non-hydrogen) atoms. The van der Waals surface area contributed by atoms with Crippen LogP contribution in [-0.4, -0.2) is 27.4 Å². The van der Waals surface area contributed by atoms with Crippen molar-refractivity contribution < 1.29 is 13.2 Å². The lowest BCUT2D eigenvalue weighted by molar-refractivity contribution is -0.117. The minimum atomic E-state index is -3.77. The van der Waals surface area contributed by atoms with Gasteiger partial charge in [-0.15, -0.1) is 0 Å².